The van der Waals surface area contributed by atoms with Crippen molar-refractivity contribution in [3.05, 3.63) is 46.4 Å². The van der Waals surface area contributed by atoms with Crippen molar-refractivity contribution >= 4 is 19.8 Å². The van der Waals surface area contributed by atoms with Crippen molar-refractivity contribution in [1.29, 1.82) is 10.8 Å². The molecule has 0 aliphatic carbocycles. The van der Waals surface area contributed by atoms with Gasteiger partial charge in [-0.15, -0.1) is 0 Å². The van der Waals surface area contributed by atoms with Gasteiger partial charge in [-0.2, -0.15) is 0 Å². The highest BCUT2D eigenvalue weighted by Crippen LogP contribution is 2.36. The summed E-state index contributed by atoms with van der Waals surface area (Å²) >= 11 is 0. The molecule has 7 heteroatoms. The standard InChI is InChI=1S/C14H12N4O2.B/c1-19-13-7-9(3-5-11(13)17-15)10-4-6-12(18-16)14(8-10)20-2;/h3-8H,1-2H3;/q+2;. The Morgan fingerprint density at radius 1 is 0.762 bits per heavy atom. The first-order chi connectivity index (χ1) is 9.73. The van der Waals surface area contributed by atoms with Crippen LogP contribution in [0.4, 0.5) is 11.4 Å². The number of hydrogen-bond acceptors (Lipinski definition) is 4. The van der Waals surface area contributed by atoms with E-state index >= 15 is 0 Å². The van der Waals surface area contributed by atoms with Crippen molar-refractivity contribution in [1.82, 2.24) is 0 Å². The molecule has 0 N–H and O–H groups in total. The zero-order valence-electron chi connectivity index (χ0n) is 11.6. The predicted molar refractivity (Wildman–Crippen MR) is 80.2 cm³/mol. The molecule has 2 rings (SSSR count). The zero-order chi connectivity index (χ0) is 14.5. The van der Waals surface area contributed by atoms with Gasteiger partial charge in [0, 0.05) is 20.5 Å². The van der Waals surface area contributed by atoms with E-state index in [9.17, 15) is 0 Å². The van der Waals surface area contributed by atoms with E-state index in [0.717, 1.165) is 11.1 Å². The Morgan fingerprint density at radius 2 is 1.14 bits per heavy atom. The van der Waals surface area contributed by atoms with Gasteiger partial charge >= 0.3 is 11.4 Å². The number of nitrogens with zero attached hydrogens (tertiary/aromatic N) is 4. The topological polar surface area (TPSA) is 74.8 Å². The molecule has 0 amide bonds. The van der Waals surface area contributed by atoms with Gasteiger partial charge in [0.2, 0.25) is 22.3 Å². The molecule has 0 atom stereocenters. The average molecular weight is 279 g/mol. The van der Waals surface area contributed by atoms with E-state index in [0.29, 0.717) is 22.9 Å². The van der Waals surface area contributed by atoms with Gasteiger partial charge in [-0.25, -0.2) is 0 Å². The van der Waals surface area contributed by atoms with Gasteiger partial charge in [0.1, 0.15) is 0 Å². The summed E-state index contributed by atoms with van der Waals surface area (Å²) in [5.74, 6) is 0.916. The molecule has 0 aromatic heterocycles. The van der Waals surface area contributed by atoms with Crippen LogP contribution in [0.25, 0.3) is 21.1 Å². The van der Waals surface area contributed by atoms with Crippen LogP contribution in [-0.2, 0) is 0 Å². The highest BCUT2D eigenvalue weighted by atomic mass is 16.5. The molecule has 6 nitrogen and oxygen atoms in total. The number of hydrogen-bond donors (Lipinski definition) is 0. The summed E-state index contributed by atoms with van der Waals surface area (Å²) in [5.41, 5.74) is 2.42. The number of ether oxygens (including phenoxy) is 2. The number of diazo groups is 2. The Bertz CT molecular complexity index is 671. The molecule has 2 aromatic carbocycles. The first-order valence-electron chi connectivity index (χ1n) is 5.80. The molecule has 101 valence electrons. The van der Waals surface area contributed by atoms with Gasteiger partial charge in [0.05, 0.1) is 14.2 Å². The summed E-state index contributed by atoms with van der Waals surface area (Å²) in [5, 5.41) is 17.7. The smallest absolute Gasteiger partial charge is 0.426 e. The lowest BCUT2D eigenvalue weighted by Gasteiger charge is -2.04. The highest BCUT2D eigenvalue weighted by molar-refractivity contribution is 5.76. The average Bonchev–Trinajstić information content (AvgIpc) is 2.53. The lowest BCUT2D eigenvalue weighted by molar-refractivity contribution is 0.416. The lowest BCUT2D eigenvalue weighted by Crippen LogP contribution is -1.87. The Morgan fingerprint density at radius 3 is 1.43 bits per heavy atom. The van der Waals surface area contributed by atoms with Crippen molar-refractivity contribution in [3.8, 4) is 22.6 Å². The van der Waals surface area contributed by atoms with Crippen molar-refractivity contribution < 1.29 is 9.47 Å². The Kier molecular flexibility index (Phi) is 5.28. The molecule has 0 fully saturated rings. The van der Waals surface area contributed by atoms with Crippen LogP contribution in [0.1, 0.15) is 0 Å². The van der Waals surface area contributed by atoms with Crippen molar-refractivity contribution in [2.24, 2.45) is 0 Å². The summed E-state index contributed by atoms with van der Waals surface area (Å²) in [7, 11) is 3.00. The maximum absolute atomic E-state index is 8.85. The van der Waals surface area contributed by atoms with Gasteiger partial charge in [-0.1, -0.05) is 0 Å². The number of rotatable bonds is 3. The van der Waals surface area contributed by atoms with Crippen molar-refractivity contribution in [2.75, 3.05) is 14.2 Å². The van der Waals surface area contributed by atoms with Crippen LogP contribution in [0.15, 0.2) is 36.4 Å². The third-order valence-electron chi connectivity index (χ3n) is 2.91. The van der Waals surface area contributed by atoms with E-state index in [4.69, 9.17) is 20.3 Å². The Hall–Kier alpha value is -3.06. The minimum Gasteiger partial charge on any atom is -0.489 e. The van der Waals surface area contributed by atoms with Crippen molar-refractivity contribution in [2.45, 2.75) is 0 Å². The fourth-order valence-electron chi connectivity index (χ4n) is 1.88. The molecule has 21 heavy (non-hydrogen) atoms. The SMILES string of the molecule is COc1cc(-c2ccc([N+]#N)c(OC)c2)ccc1[N+]#N.[B]. The van der Waals surface area contributed by atoms with Crippen molar-refractivity contribution in [3.63, 3.8) is 0 Å². The number of methoxy groups -OCH3 is 2. The lowest BCUT2D eigenvalue weighted by atomic mass is 10.0. The van der Waals surface area contributed by atoms with Crippen LogP contribution in [0, 0.1) is 10.8 Å². The fraction of sp³-hybridized carbons (Fsp3) is 0.143. The summed E-state index contributed by atoms with van der Waals surface area (Å²) in [4.78, 5) is 6.28. The molecular weight excluding hydrogens is 267 g/mol. The zero-order valence-corrected chi connectivity index (χ0v) is 11.6. The van der Waals surface area contributed by atoms with Gasteiger partial charge in [-0.3, -0.25) is 0 Å². The fourth-order valence-corrected chi connectivity index (χ4v) is 1.88. The van der Waals surface area contributed by atoms with Crippen LogP contribution in [0.3, 0.4) is 0 Å². The molecule has 0 spiro atoms. The van der Waals surface area contributed by atoms with Crippen LogP contribution in [-0.4, -0.2) is 22.6 Å². The molecule has 0 saturated carbocycles. The minimum atomic E-state index is 0. The molecule has 0 aliphatic heterocycles. The predicted octanol–water partition coefficient (Wildman–Crippen LogP) is 3.96. The molecule has 0 bridgehead atoms. The molecule has 2 aromatic rings. The molecule has 0 aliphatic rings. The van der Waals surface area contributed by atoms with Crippen LogP contribution < -0.4 is 9.47 Å². The normalized spacial score (nSPS) is 8.95. The van der Waals surface area contributed by atoms with E-state index in [1.165, 1.54) is 14.2 Å². The maximum atomic E-state index is 8.85. The van der Waals surface area contributed by atoms with E-state index in [-0.39, 0.29) is 8.41 Å². The van der Waals surface area contributed by atoms with Gasteiger partial charge in [0.15, 0.2) is 9.95 Å². The van der Waals surface area contributed by atoms with Gasteiger partial charge in [0.25, 0.3) is 0 Å². The molecular formula is C14H12BN4O2+2. The number of benzene rings is 2. The quantitative estimate of drug-likeness (QED) is 0.629. The van der Waals surface area contributed by atoms with Gasteiger partial charge in [-0.05, 0) is 35.4 Å². The third kappa shape index (κ3) is 3.10. The van der Waals surface area contributed by atoms with Crippen LogP contribution in [0.2, 0.25) is 0 Å². The summed E-state index contributed by atoms with van der Waals surface area (Å²) in [6.07, 6.45) is 0. The van der Waals surface area contributed by atoms with E-state index in [1.807, 2.05) is 0 Å². The third-order valence-corrected chi connectivity index (χ3v) is 2.91. The Labute approximate surface area is 124 Å². The monoisotopic (exact) mass is 279 g/mol. The van der Waals surface area contributed by atoms with E-state index < -0.39 is 0 Å². The largest absolute Gasteiger partial charge is 0.489 e. The first kappa shape index (κ1) is 16.0. The molecule has 0 unspecified atom stereocenters. The van der Waals surface area contributed by atoms with E-state index in [1.54, 1.807) is 36.4 Å². The van der Waals surface area contributed by atoms with Gasteiger partial charge < -0.3 is 9.47 Å². The first-order valence-corrected chi connectivity index (χ1v) is 5.80. The van der Waals surface area contributed by atoms with Crippen LogP contribution in [0.5, 0.6) is 11.5 Å². The maximum Gasteiger partial charge on any atom is 0.426 e. The molecule has 0 saturated heterocycles. The summed E-state index contributed by atoms with van der Waals surface area (Å²) in [6, 6.07) is 10.4. The Balaban J connectivity index is 0.00000220. The molecule has 0 heterocycles. The van der Waals surface area contributed by atoms with Crippen LogP contribution >= 0.6 is 0 Å². The summed E-state index contributed by atoms with van der Waals surface area (Å²) < 4.78 is 10.3. The second-order valence-electron chi connectivity index (χ2n) is 3.97. The second kappa shape index (κ2) is 6.92. The highest BCUT2D eigenvalue weighted by Gasteiger charge is 2.18. The van der Waals surface area contributed by atoms with E-state index in [2.05, 4.69) is 9.95 Å². The minimum absolute atomic E-state index is 0. The second-order valence-corrected chi connectivity index (χ2v) is 3.97. The molecule has 3 radical (unpaired) electrons. The summed E-state index contributed by atoms with van der Waals surface area (Å²) in [6.45, 7) is 0.